The molecule has 0 bridgehead atoms. The summed E-state index contributed by atoms with van der Waals surface area (Å²) in [5, 5.41) is 2.36. The fourth-order valence-corrected chi connectivity index (χ4v) is 3.15. The van der Waals surface area contributed by atoms with Gasteiger partial charge in [-0.1, -0.05) is 36.4 Å². The van der Waals surface area contributed by atoms with E-state index < -0.39 is 36.0 Å². The van der Waals surface area contributed by atoms with E-state index in [9.17, 15) is 18.4 Å². The second-order valence-electron chi connectivity index (χ2n) is 6.40. The topological polar surface area (TPSA) is 64.6 Å². The second-order valence-corrected chi connectivity index (χ2v) is 6.40. The van der Waals surface area contributed by atoms with Crippen molar-refractivity contribution in [1.29, 1.82) is 0 Å². The van der Waals surface area contributed by atoms with Crippen molar-refractivity contribution in [3.05, 3.63) is 89.5 Å². The van der Waals surface area contributed by atoms with Crippen molar-refractivity contribution < 1.29 is 27.8 Å². The number of nitrogens with one attached hydrogen (secondary N) is 1. The van der Waals surface area contributed by atoms with Crippen molar-refractivity contribution in [1.82, 2.24) is 0 Å². The lowest BCUT2D eigenvalue weighted by molar-refractivity contribution is -0.148. The maximum atomic E-state index is 13.2. The van der Waals surface area contributed by atoms with Gasteiger partial charge in [-0.25, -0.2) is 8.78 Å². The molecule has 1 N–H and O–H groups in total. The first-order valence-corrected chi connectivity index (χ1v) is 8.80. The zero-order valence-electron chi connectivity index (χ0n) is 15.0. The number of amides is 1. The van der Waals surface area contributed by atoms with Crippen LogP contribution in [0.4, 0.5) is 14.5 Å². The van der Waals surface area contributed by atoms with E-state index in [4.69, 9.17) is 9.47 Å². The minimum Gasteiger partial charge on any atom is -0.457 e. The summed E-state index contributed by atoms with van der Waals surface area (Å²) in [6, 6.07) is 17.1. The van der Waals surface area contributed by atoms with Gasteiger partial charge < -0.3 is 14.8 Å². The van der Waals surface area contributed by atoms with Gasteiger partial charge in [-0.05, 0) is 24.3 Å². The van der Waals surface area contributed by atoms with Gasteiger partial charge in [0.05, 0.1) is 0 Å². The number of benzene rings is 3. The van der Waals surface area contributed by atoms with Crippen LogP contribution >= 0.6 is 0 Å². The van der Waals surface area contributed by atoms with E-state index in [1.165, 1.54) is 6.07 Å². The molecule has 29 heavy (non-hydrogen) atoms. The number of hydrogen-bond acceptors (Lipinski definition) is 4. The molecule has 7 heteroatoms. The lowest BCUT2D eigenvalue weighted by Crippen LogP contribution is -2.26. The largest absolute Gasteiger partial charge is 0.457 e. The van der Waals surface area contributed by atoms with Crippen molar-refractivity contribution in [3.8, 4) is 11.5 Å². The molecule has 0 radical (unpaired) electrons. The summed E-state index contributed by atoms with van der Waals surface area (Å²) in [5.41, 5.74) is 1.33. The van der Waals surface area contributed by atoms with Gasteiger partial charge in [-0.15, -0.1) is 0 Å². The van der Waals surface area contributed by atoms with Crippen LogP contribution < -0.4 is 10.1 Å². The monoisotopic (exact) mass is 395 g/mol. The first-order chi connectivity index (χ1) is 14.0. The number of anilines is 1. The average molecular weight is 395 g/mol. The third kappa shape index (κ3) is 3.80. The van der Waals surface area contributed by atoms with Crippen molar-refractivity contribution >= 4 is 17.6 Å². The molecule has 0 aliphatic carbocycles. The van der Waals surface area contributed by atoms with Crippen LogP contribution in [0, 0.1) is 11.6 Å². The molecule has 1 aliphatic rings. The Morgan fingerprint density at radius 3 is 2.14 bits per heavy atom. The van der Waals surface area contributed by atoms with Crippen molar-refractivity contribution in [3.63, 3.8) is 0 Å². The molecule has 1 heterocycles. The highest BCUT2D eigenvalue weighted by atomic mass is 19.2. The van der Waals surface area contributed by atoms with Crippen LogP contribution in [0.5, 0.6) is 11.5 Å². The van der Waals surface area contributed by atoms with E-state index in [2.05, 4.69) is 5.32 Å². The number of halogens is 2. The Labute approximate surface area is 164 Å². The molecule has 0 saturated carbocycles. The molecule has 1 aliphatic heterocycles. The molecule has 146 valence electrons. The molecule has 0 atom stereocenters. The summed E-state index contributed by atoms with van der Waals surface area (Å²) in [5.74, 6) is -3.06. The fraction of sp³-hybridized carbons (Fsp3) is 0.0909. The lowest BCUT2D eigenvalue weighted by Gasteiger charge is -2.26. The molecule has 3 aromatic carbocycles. The first-order valence-electron chi connectivity index (χ1n) is 8.80. The molecule has 0 unspecified atom stereocenters. The van der Waals surface area contributed by atoms with Crippen molar-refractivity contribution in [2.24, 2.45) is 0 Å². The van der Waals surface area contributed by atoms with E-state index in [1.54, 1.807) is 48.5 Å². The molecule has 1 amide bonds. The number of hydrogen-bond donors (Lipinski definition) is 1. The van der Waals surface area contributed by atoms with E-state index in [0.717, 1.165) is 12.1 Å². The smallest absolute Gasteiger partial charge is 0.318 e. The molecular weight excluding hydrogens is 380 g/mol. The number of para-hydroxylation sites is 2. The van der Waals surface area contributed by atoms with Gasteiger partial charge >= 0.3 is 5.97 Å². The second kappa shape index (κ2) is 7.71. The Bertz CT molecular complexity index is 1050. The van der Waals surface area contributed by atoms with E-state index in [0.29, 0.717) is 22.6 Å². The molecular formula is C22H15F2NO4. The zero-order chi connectivity index (χ0) is 20.4. The third-order valence-electron chi connectivity index (χ3n) is 4.46. The summed E-state index contributed by atoms with van der Waals surface area (Å²) in [6.07, 6.45) is 0. The van der Waals surface area contributed by atoms with E-state index in [1.807, 2.05) is 0 Å². The molecule has 3 aromatic rings. The van der Waals surface area contributed by atoms with Gasteiger partial charge in [0.15, 0.2) is 18.2 Å². The van der Waals surface area contributed by atoms with Crippen molar-refractivity contribution in [2.45, 2.75) is 5.92 Å². The molecule has 0 fully saturated rings. The van der Waals surface area contributed by atoms with Gasteiger partial charge in [0.2, 0.25) is 0 Å². The number of esters is 1. The Morgan fingerprint density at radius 1 is 0.897 bits per heavy atom. The highest BCUT2D eigenvalue weighted by Crippen LogP contribution is 2.44. The minimum atomic E-state index is -1.09. The molecule has 0 aromatic heterocycles. The summed E-state index contributed by atoms with van der Waals surface area (Å²) < 4.78 is 37.3. The molecule has 0 saturated heterocycles. The van der Waals surface area contributed by atoms with Crippen LogP contribution in [0.2, 0.25) is 0 Å². The maximum Gasteiger partial charge on any atom is 0.318 e. The van der Waals surface area contributed by atoms with Gasteiger partial charge in [0.1, 0.15) is 17.4 Å². The van der Waals surface area contributed by atoms with Gasteiger partial charge in [0, 0.05) is 22.9 Å². The van der Waals surface area contributed by atoms with Crippen LogP contribution in [0.1, 0.15) is 17.0 Å². The number of fused-ring (bicyclic) bond motifs is 2. The summed E-state index contributed by atoms with van der Waals surface area (Å²) in [4.78, 5) is 24.9. The van der Waals surface area contributed by atoms with E-state index >= 15 is 0 Å². The molecule has 0 spiro atoms. The molecule has 4 rings (SSSR count). The fourth-order valence-electron chi connectivity index (χ4n) is 3.15. The molecule has 5 nitrogen and oxygen atoms in total. The Balaban J connectivity index is 1.48. The average Bonchev–Trinajstić information content (AvgIpc) is 2.73. The SMILES string of the molecule is O=C(COC(=O)C1c2ccccc2Oc2ccccc21)Nc1ccc(F)c(F)c1. The Hall–Kier alpha value is -3.74. The summed E-state index contributed by atoms with van der Waals surface area (Å²) in [7, 11) is 0. The van der Waals surface area contributed by atoms with Crippen molar-refractivity contribution in [2.75, 3.05) is 11.9 Å². The van der Waals surface area contributed by atoms with Gasteiger partial charge in [0.25, 0.3) is 5.91 Å². The number of carbonyl (C=O) groups is 2. The lowest BCUT2D eigenvalue weighted by atomic mass is 9.88. The van der Waals surface area contributed by atoms with Gasteiger partial charge in [-0.3, -0.25) is 9.59 Å². The number of rotatable bonds is 4. The van der Waals surface area contributed by atoms with Crippen LogP contribution in [-0.4, -0.2) is 18.5 Å². The normalized spacial score (nSPS) is 12.3. The third-order valence-corrected chi connectivity index (χ3v) is 4.46. The van der Waals surface area contributed by atoms with Crippen LogP contribution in [0.15, 0.2) is 66.7 Å². The standard InChI is InChI=1S/C22H15F2NO4/c23-16-10-9-13(11-17(16)24)25-20(26)12-28-22(27)21-14-5-1-3-7-18(14)29-19-8-4-2-6-15(19)21/h1-11,21H,12H2,(H,25,26). The quantitative estimate of drug-likeness (QED) is 0.666. The van der Waals surface area contributed by atoms with Gasteiger partial charge in [-0.2, -0.15) is 0 Å². The predicted molar refractivity (Wildman–Crippen MR) is 101 cm³/mol. The zero-order valence-corrected chi connectivity index (χ0v) is 15.0. The van der Waals surface area contributed by atoms with Crippen LogP contribution in [0.3, 0.4) is 0 Å². The Kier molecular flexibility index (Phi) is 4.95. The maximum absolute atomic E-state index is 13.2. The highest BCUT2D eigenvalue weighted by Gasteiger charge is 2.33. The Morgan fingerprint density at radius 2 is 1.52 bits per heavy atom. The first kappa shape index (κ1) is 18.6. The highest BCUT2D eigenvalue weighted by molar-refractivity contribution is 5.94. The summed E-state index contributed by atoms with van der Waals surface area (Å²) in [6.45, 7) is -0.570. The summed E-state index contributed by atoms with van der Waals surface area (Å²) >= 11 is 0. The van der Waals surface area contributed by atoms with E-state index in [-0.39, 0.29) is 5.69 Å². The van der Waals surface area contributed by atoms with Crippen LogP contribution in [0.25, 0.3) is 0 Å². The number of ether oxygens (including phenoxy) is 2. The number of carbonyl (C=O) groups excluding carboxylic acids is 2. The minimum absolute atomic E-state index is 0.0618. The van der Waals surface area contributed by atoms with Crippen LogP contribution in [-0.2, 0) is 14.3 Å². The predicted octanol–water partition coefficient (Wildman–Crippen LogP) is 4.38.